The van der Waals surface area contributed by atoms with Gasteiger partial charge in [0, 0.05) is 25.9 Å². The molecule has 0 saturated carbocycles. The Bertz CT molecular complexity index is 494. The zero-order valence-electron chi connectivity index (χ0n) is 12.6. The molecule has 21 heavy (non-hydrogen) atoms. The Hall–Kier alpha value is -0.970. The summed E-state index contributed by atoms with van der Waals surface area (Å²) in [7, 11) is 0. The van der Waals surface area contributed by atoms with E-state index in [0.717, 1.165) is 56.6 Å². The molecule has 0 aromatic heterocycles. The molecular weight excluding hydrogens is 269 g/mol. The highest BCUT2D eigenvalue weighted by atomic mass is 19.1. The van der Waals surface area contributed by atoms with Crippen LogP contribution in [0.3, 0.4) is 0 Å². The van der Waals surface area contributed by atoms with E-state index in [2.05, 4.69) is 0 Å². The van der Waals surface area contributed by atoms with E-state index in [-0.39, 0.29) is 17.5 Å². The molecule has 2 aliphatic heterocycles. The maximum absolute atomic E-state index is 13.3. The highest BCUT2D eigenvalue weighted by Gasteiger charge is 2.41. The van der Waals surface area contributed by atoms with E-state index < -0.39 is 0 Å². The number of aryl methyl sites for hydroxylation is 1. The van der Waals surface area contributed by atoms with Crippen molar-refractivity contribution >= 4 is 0 Å². The monoisotopic (exact) mass is 293 g/mol. The van der Waals surface area contributed by atoms with Crippen molar-refractivity contribution in [2.24, 2.45) is 11.7 Å². The lowest BCUT2D eigenvalue weighted by atomic mass is 9.76. The summed E-state index contributed by atoms with van der Waals surface area (Å²) in [4.78, 5) is 0. The van der Waals surface area contributed by atoms with E-state index in [1.54, 1.807) is 6.07 Å². The summed E-state index contributed by atoms with van der Waals surface area (Å²) in [5, 5.41) is 0. The Morgan fingerprint density at radius 1 is 1.29 bits per heavy atom. The van der Waals surface area contributed by atoms with Crippen LogP contribution in [0.25, 0.3) is 0 Å². The van der Waals surface area contributed by atoms with E-state index in [1.165, 1.54) is 6.07 Å². The summed E-state index contributed by atoms with van der Waals surface area (Å²) in [6.45, 7) is 4.25. The quantitative estimate of drug-likeness (QED) is 0.911. The average molecular weight is 293 g/mol. The third-order valence-electron chi connectivity index (χ3n) is 5.03. The standard InChI is InChI=1S/C17H24FNO2/c1-12-10-14(18)2-3-15(12)16(19)13-4-7-21-17(11-13)5-8-20-9-6-17/h2-3,10,13,16H,4-9,11,19H2,1H3. The predicted octanol–water partition coefficient (Wildman–Crippen LogP) is 3.11. The van der Waals surface area contributed by atoms with Crippen LogP contribution in [0.4, 0.5) is 4.39 Å². The molecule has 0 aliphatic carbocycles. The van der Waals surface area contributed by atoms with Gasteiger partial charge in [-0.3, -0.25) is 0 Å². The summed E-state index contributed by atoms with van der Waals surface area (Å²) in [6, 6.07) is 4.86. The molecular formula is C17H24FNO2. The topological polar surface area (TPSA) is 44.5 Å². The van der Waals surface area contributed by atoms with Crippen LogP contribution in [0.2, 0.25) is 0 Å². The molecule has 2 aliphatic rings. The predicted molar refractivity (Wildman–Crippen MR) is 79.5 cm³/mol. The van der Waals surface area contributed by atoms with Gasteiger partial charge in [-0.15, -0.1) is 0 Å². The maximum atomic E-state index is 13.3. The van der Waals surface area contributed by atoms with Crippen LogP contribution in [-0.4, -0.2) is 25.4 Å². The van der Waals surface area contributed by atoms with E-state index >= 15 is 0 Å². The van der Waals surface area contributed by atoms with Crippen LogP contribution < -0.4 is 5.73 Å². The molecule has 116 valence electrons. The zero-order chi connectivity index (χ0) is 14.9. The summed E-state index contributed by atoms with van der Waals surface area (Å²) in [5.41, 5.74) is 8.45. The molecule has 2 saturated heterocycles. The van der Waals surface area contributed by atoms with Crippen molar-refractivity contribution in [3.63, 3.8) is 0 Å². The fourth-order valence-corrected chi connectivity index (χ4v) is 3.73. The van der Waals surface area contributed by atoms with E-state index in [4.69, 9.17) is 15.2 Å². The smallest absolute Gasteiger partial charge is 0.123 e. The van der Waals surface area contributed by atoms with Crippen molar-refractivity contribution < 1.29 is 13.9 Å². The van der Waals surface area contributed by atoms with Gasteiger partial charge in [0.2, 0.25) is 0 Å². The number of nitrogens with two attached hydrogens (primary N) is 1. The highest BCUT2D eigenvalue weighted by Crippen LogP contribution is 2.41. The number of rotatable bonds is 2. The second-order valence-electron chi connectivity index (χ2n) is 6.42. The number of hydrogen-bond acceptors (Lipinski definition) is 3. The van der Waals surface area contributed by atoms with Crippen LogP contribution >= 0.6 is 0 Å². The fourth-order valence-electron chi connectivity index (χ4n) is 3.73. The Labute approximate surface area is 125 Å². The molecule has 0 bridgehead atoms. The number of halogens is 1. The van der Waals surface area contributed by atoms with Gasteiger partial charge in [0.1, 0.15) is 5.82 Å². The molecule has 2 heterocycles. The minimum absolute atomic E-state index is 0.0470. The third-order valence-corrected chi connectivity index (χ3v) is 5.03. The van der Waals surface area contributed by atoms with Gasteiger partial charge < -0.3 is 15.2 Å². The van der Waals surface area contributed by atoms with Gasteiger partial charge in [-0.05, 0) is 61.8 Å². The molecule has 3 nitrogen and oxygen atoms in total. The van der Waals surface area contributed by atoms with Gasteiger partial charge in [0.05, 0.1) is 5.60 Å². The fraction of sp³-hybridized carbons (Fsp3) is 0.647. The van der Waals surface area contributed by atoms with Gasteiger partial charge >= 0.3 is 0 Å². The first-order valence-corrected chi connectivity index (χ1v) is 7.83. The van der Waals surface area contributed by atoms with E-state index in [0.29, 0.717) is 5.92 Å². The molecule has 2 unspecified atom stereocenters. The summed E-state index contributed by atoms with van der Waals surface area (Å²) < 4.78 is 24.8. The zero-order valence-corrected chi connectivity index (χ0v) is 12.6. The molecule has 4 heteroatoms. The van der Waals surface area contributed by atoms with Crippen LogP contribution in [-0.2, 0) is 9.47 Å². The molecule has 3 rings (SSSR count). The normalized spacial score (nSPS) is 26.7. The Morgan fingerprint density at radius 2 is 2.05 bits per heavy atom. The summed E-state index contributed by atoms with van der Waals surface area (Å²) in [5.74, 6) is 0.192. The molecule has 2 fully saturated rings. The number of hydrogen-bond donors (Lipinski definition) is 1. The van der Waals surface area contributed by atoms with Crippen LogP contribution in [0.15, 0.2) is 18.2 Å². The van der Waals surface area contributed by atoms with Crippen LogP contribution in [0, 0.1) is 18.7 Å². The lowest BCUT2D eigenvalue weighted by molar-refractivity contribution is -0.149. The van der Waals surface area contributed by atoms with Gasteiger partial charge in [-0.1, -0.05) is 6.07 Å². The highest BCUT2D eigenvalue weighted by molar-refractivity contribution is 5.30. The van der Waals surface area contributed by atoms with Crippen LogP contribution in [0.5, 0.6) is 0 Å². The van der Waals surface area contributed by atoms with Crippen molar-refractivity contribution in [2.45, 2.75) is 44.2 Å². The van der Waals surface area contributed by atoms with Gasteiger partial charge in [0.25, 0.3) is 0 Å². The van der Waals surface area contributed by atoms with Gasteiger partial charge in [-0.25, -0.2) is 4.39 Å². The maximum Gasteiger partial charge on any atom is 0.123 e. The summed E-state index contributed by atoms with van der Waals surface area (Å²) in [6.07, 6.45) is 3.87. The molecule has 0 radical (unpaired) electrons. The first-order valence-electron chi connectivity index (χ1n) is 7.83. The van der Waals surface area contributed by atoms with E-state index in [1.807, 2.05) is 13.0 Å². The lowest BCUT2D eigenvalue weighted by Crippen LogP contribution is -2.46. The average Bonchev–Trinajstić information content (AvgIpc) is 2.47. The minimum atomic E-state index is -0.198. The molecule has 2 atom stereocenters. The Balaban J connectivity index is 1.76. The van der Waals surface area contributed by atoms with E-state index in [9.17, 15) is 4.39 Å². The second-order valence-corrected chi connectivity index (χ2v) is 6.42. The number of ether oxygens (including phenoxy) is 2. The van der Waals surface area contributed by atoms with Gasteiger partial charge in [-0.2, -0.15) is 0 Å². The summed E-state index contributed by atoms with van der Waals surface area (Å²) >= 11 is 0. The molecule has 1 spiro atoms. The molecule has 0 amide bonds. The van der Waals surface area contributed by atoms with Crippen molar-refractivity contribution in [2.75, 3.05) is 19.8 Å². The van der Waals surface area contributed by atoms with Gasteiger partial charge in [0.15, 0.2) is 0 Å². The Morgan fingerprint density at radius 3 is 2.76 bits per heavy atom. The molecule has 1 aromatic rings. The first kappa shape index (κ1) is 14.9. The van der Waals surface area contributed by atoms with Crippen LogP contribution in [0.1, 0.15) is 42.9 Å². The van der Waals surface area contributed by atoms with Crippen molar-refractivity contribution in [1.82, 2.24) is 0 Å². The Kier molecular flexibility index (Phi) is 4.29. The third kappa shape index (κ3) is 3.12. The largest absolute Gasteiger partial charge is 0.381 e. The minimum Gasteiger partial charge on any atom is -0.381 e. The lowest BCUT2D eigenvalue weighted by Gasteiger charge is -2.45. The number of benzene rings is 1. The second kappa shape index (κ2) is 6.03. The first-order chi connectivity index (χ1) is 10.1. The van der Waals surface area contributed by atoms with Crippen molar-refractivity contribution in [3.8, 4) is 0 Å². The SMILES string of the molecule is Cc1cc(F)ccc1C(N)C1CCOC2(CCOCC2)C1. The van der Waals surface area contributed by atoms with Crippen molar-refractivity contribution in [3.05, 3.63) is 35.1 Å². The molecule has 1 aromatic carbocycles. The molecule has 2 N–H and O–H groups in total. The van der Waals surface area contributed by atoms with Crippen molar-refractivity contribution in [1.29, 1.82) is 0 Å².